The molecule has 0 aliphatic heterocycles. The highest BCUT2D eigenvalue weighted by atomic mass is 32.1. The van der Waals surface area contributed by atoms with Crippen molar-refractivity contribution in [1.82, 2.24) is 0 Å². The fourth-order valence-electron chi connectivity index (χ4n) is 10.5. The Balaban J connectivity index is 1.05. The predicted molar refractivity (Wildman–Crippen MR) is 286 cm³/mol. The lowest BCUT2D eigenvalue weighted by molar-refractivity contribution is 1.30. The summed E-state index contributed by atoms with van der Waals surface area (Å²) in [5, 5.41) is 12.6. The molecule has 1 heterocycles. The molecule has 0 spiro atoms. The fraction of sp³-hybridized carbons (Fsp3) is 0. The van der Waals surface area contributed by atoms with E-state index in [0.29, 0.717) is 0 Å². The largest absolute Gasteiger partial charge is 0.308 e. The van der Waals surface area contributed by atoms with Crippen molar-refractivity contribution in [2.75, 3.05) is 4.90 Å². The smallest absolute Gasteiger partial charge is 0.0640 e. The second-order valence-electron chi connectivity index (χ2n) is 17.1. The molecule has 66 heavy (non-hydrogen) atoms. The van der Waals surface area contributed by atoms with Crippen LogP contribution in [0.25, 0.3) is 108 Å². The number of benzene rings is 12. The molecule has 1 nitrogen and oxygen atoms in total. The van der Waals surface area contributed by atoms with Crippen LogP contribution in [0.3, 0.4) is 0 Å². The molecule has 2 heteroatoms. The number of anilines is 3. The second kappa shape index (κ2) is 15.7. The van der Waals surface area contributed by atoms with Crippen LogP contribution in [0, 0.1) is 0 Å². The molecule has 0 saturated carbocycles. The average Bonchev–Trinajstić information content (AvgIpc) is 3.78. The minimum atomic E-state index is 1.10. The van der Waals surface area contributed by atoms with Gasteiger partial charge in [0.25, 0.3) is 0 Å². The Hall–Kier alpha value is -8.30. The molecule has 0 bridgehead atoms. The van der Waals surface area contributed by atoms with E-state index in [9.17, 15) is 0 Å². The first-order valence-corrected chi connectivity index (χ1v) is 23.5. The quantitative estimate of drug-likeness (QED) is 0.144. The van der Waals surface area contributed by atoms with E-state index in [1.165, 1.54) is 96.6 Å². The first-order chi connectivity index (χ1) is 32.8. The minimum Gasteiger partial charge on any atom is -0.308 e. The van der Waals surface area contributed by atoms with Crippen LogP contribution in [-0.4, -0.2) is 0 Å². The normalized spacial score (nSPS) is 11.6. The summed E-state index contributed by atoms with van der Waals surface area (Å²) in [6.45, 7) is 0. The summed E-state index contributed by atoms with van der Waals surface area (Å²) in [5.74, 6) is 0. The van der Waals surface area contributed by atoms with Crippen molar-refractivity contribution in [2.24, 2.45) is 0 Å². The molecule has 0 saturated heterocycles. The van der Waals surface area contributed by atoms with E-state index in [2.05, 4.69) is 254 Å². The molecule has 0 aliphatic carbocycles. The number of fused-ring (bicyclic) bond motifs is 9. The average molecular weight is 856 g/mol. The van der Waals surface area contributed by atoms with E-state index >= 15 is 0 Å². The van der Waals surface area contributed by atoms with Crippen molar-refractivity contribution in [2.45, 2.75) is 0 Å². The summed E-state index contributed by atoms with van der Waals surface area (Å²) in [6.07, 6.45) is 0. The van der Waals surface area contributed by atoms with Gasteiger partial charge in [0.2, 0.25) is 0 Å². The molecular formula is C64H41NS. The highest BCUT2D eigenvalue weighted by molar-refractivity contribution is 7.26. The van der Waals surface area contributed by atoms with Gasteiger partial charge in [-0.25, -0.2) is 0 Å². The van der Waals surface area contributed by atoms with E-state index in [-0.39, 0.29) is 0 Å². The van der Waals surface area contributed by atoms with Gasteiger partial charge in [-0.15, -0.1) is 11.3 Å². The standard InChI is InChI=1S/C64H41NS/c1-3-18-43(19-4-1)62-55-29-12-11-26-51(55)53-39-36-46(41-58(53)63(62)44-20-5-2-6-21-44)49-24-13-15-31-59(49)65(60-32-17-30-56-54-28-14-16-33-61(54)66-64(56)60)47-37-34-42(35-38-47)57-40-45-22-7-8-23-48(45)50-25-9-10-27-52(50)57/h1-41H. The monoisotopic (exact) mass is 855 g/mol. The number of para-hydroxylation sites is 1. The SMILES string of the molecule is c1ccc(-c2c(-c3ccccc3)c3cc(-c4ccccc4N(c4ccc(-c5cc6ccccc6c6ccccc56)cc4)c4cccc5c4sc4ccccc45)ccc3c3ccccc23)cc1. The minimum absolute atomic E-state index is 1.10. The van der Waals surface area contributed by atoms with Gasteiger partial charge in [0.05, 0.1) is 16.1 Å². The first-order valence-electron chi connectivity index (χ1n) is 22.7. The molecule has 1 aromatic heterocycles. The number of rotatable bonds is 7. The van der Waals surface area contributed by atoms with Crippen LogP contribution in [0.15, 0.2) is 249 Å². The predicted octanol–water partition coefficient (Wildman–Crippen LogP) is 18.8. The molecule has 0 amide bonds. The Kier molecular flexibility index (Phi) is 9.11. The maximum Gasteiger partial charge on any atom is 0.0640 e. The summed E-state index contributed by atoms with van der Waals surface area (Å²) in [4.78, 5) is 2.49. The van der Waals surface area contributed by atoms with Crippen molar-refractivity contribution < 1.29 is 0 Å². The zero-order valence-corrected chi connectivity index (χ0v) is 36.8. The van der Waals surface area contributed by atoms with Gasteiger partial charge in [-0.1, -0.05) is 206 Å². The van der Waals surface area contributed by atoms with Gasteiger partial charge < -0.3 is 4.90 Å². The number of nitrogens with zero attached hydrogens (tertiary/aromatic N) is 1. The molecule has 13 aromatic rings. The van der Waals surface area contributed by atoms with Crippen LogP contribution < -0.4 is 4.90 Å². The first kappa shape index (κ1) is 38.2. The summed E-state index contributed by atoms with van der Waals surface area (Å²) < 4.78 is 2.55. The van der Waals surface area contributed by atoms with Gasteiger partial charge in [-0.3, -0.25) is 0 Å². The Bertz CT molecular complexity index is 3980. The molecule has 0 radical (unpaired) electrons. The van der Waals surface area contributed by atoms with Gasteiger partial charge in [0.1, 0.15) is 0 Å². The molecule has 0 aliphatic rings. The lowest BCUT2D eigenvalue weighted by Gasteiger charge is -2.29. The van der Waals surface area contributed by atoms with Crippen LogP contribution in [0.1, 0.15) is 0 Å². The lowest BCUT2D eigenvalue weighted by Crippen LogP contribution is -2.11. The van der Waals surface area contributed by atoms with E-state index in [1.54, 1.807) is 0 Å². The number of hydrogen-bond acceptors (Lipinski definition) is 2. The van der Waals surface area contributed by atoms with E-state index in [4.69, 9.17) is 0 Å². The molecule has 0 fully saturated rings. The highest BCUT2D eigenvalue weighted by Gasteiger charge is 2.23. The van der Waals surface area contributed by atoms with E-state index in [0.717, 1.165) is 28.2 Å². The maximum absolute atomic E-state index is 2.49. The van der Waals surface area contributed by atoms with Crippen molar-refractivity contribution in [3.05, 3.63) is 249 Å². The zero-order chi connectivity index (χ0) is 43.6. The van der Waals surface area contributed by atoms with Crippen molar-refractivity contribution in [3.63, 3.8) is 0 Å². The van der Waals surface area contributed by atoms with Gasteiger partial charge in [0, 0.05) is 26.7 Å². The Morgan fingerprint density at radius 3 is 1.56 bits per heavy atom. The maximum atomic E-state index is 2.49. The lowest BCUT2D eigenvalue weighted by atomic mass is 9.84. The highest BCUT2D eigenvalue weighted by Crippen LogP contribution is 2.50. The second-order valence-corrected chi connectivity index (χ2v) is 18.2. The molecule has 0 unspecified atom stereocenters. The number of thiophene rings is 1. The summed E-state index contributed by atoms with van der Waals surface area (Å²) in [7, 11) is 0. The third-order valence-corrected chi connectivity index (χ3v) is 14.6. The zero-order valence-electron chi connectivity index (χ0n) is 36.0. The third-order valence-electron chi connectivity index (χ3n) is 13.4. The molecule has 0 atom stereocenters. The fourth-order valence-corrected chi connectivity index (χ4v) is 11.7. The topological polar surface area (TPSA) is 3.24 Å². The Morgan fingerprint density at radius 2 is 0.803 bits per heavy atom. The Morgan fingerprint density at radius 1 is 0.273 bits per heavy atom. The van der Waals surface area contributed by atoms with Crippen LogP contribution in [0.2, 0.25) is 0 Å². The molecule has 308 valence electrons. The van der Waals surface area contributed by atoms with Crippen LogP contribution in [0.4, 0.5) is 17.1 Å². The third kappa shape index (κ3) is 6.22. The van der Waals surface area contributed by atoms with Gasteiger partial charge in [-0.2, -0.15) is 0 Å². The van der Waals surface area contributed by atoms with Crippen LogP contribution >= 0.6 is 11.3 Å². The summed E-state index contributed by atoms with van der Waals surface area (Å²) in [5.41, 5.74) is 13.1. The van der Waals surface area contributed by atoms with Gasteiger partial charge >= 0.3 is 0 Å². The van der Waals surface area contributed by atoms with E-state index < -0.39 is 0 Å². The summed E-state index contributed by atoms with van der Waals surface area (Å²) in [6, 6.07) is 91.6. The summed E-state index contributed by atoms with van der Waals surface area (Å²) >= 11 is 1.87. The molecule has 0 N–H and O–H groups in total. The van der Waals surface area contributed by atoms with Crippen LogP contribution in [-0.2, 0) is 0 Å². The van der Waals surface area contributed by atoms with Crippen LogP contribution in [0.5, 0.6) is 0 Å². The Labute approximate surface area is 387 Å². The van der Waals surface area contributed by atoms with Gasteiger partial charge in [0.15, 0.2) is 0 Å². The molecular weight excluding hydrogens is 815 g/mol. The van der Waals surface area contributed by atoms with Crippen molar-refractivity contribution >= 4 is 91.7 Å². The van der Waals surface area contributed by atoms with Crippen molar-refractivity contribution in [1.29, 1.82) is 0 Å². The molecule has 13 rings (SSSR count). The van der Waals surface area contributed by atoms with Gasteiger partial charge in [-0.05, 0) is 124 Å². The molecule has 12 aromatic carbocycles. The number of hydrogen-bond donors (Lipinski definition) is 0. The van der Waals surface area contributed by atoms with E-state index in [1.807, 2.05) is 11.3 Å². The van der Waals surface area contributed by atoms with Crippen molar-refractivity contribution in [3.8, 4) is 44.5 Å².